The summed E-state index contributed by atoms with van der Waals surface area (Å²) in [6, 6.07) is 34.8. The Labute approximate surface area is 238 Å². The molecule has 1 heterocycles. The Morgan fingerprint density at radius 3 is 2.15 bits per heavy atom. The number of anilines is 1. The van der Waals surface area contributed by atoms with Crippen molar-refractivity contribution in [3.63, 3.8) is 0 Å². The number of nitrogens with one attached hydrogen (secondary N) is 1. The summed E-state index contributed by atoms with van der Waals surface area (Å²) in [7, 11) is 0. The van der Waals surface area contributed by atoms with E-state index in [1.165, 1.54) is 11.3 Å². The molecule has 4 nitrogen and oxygen atoms in total. The van der Waals surface area contributed by atoms with Crippen molar-refractivity contribution in [2.24, 2.45) is 5.92 Å². The molecule has 1 saturated heterocycles. The lowest BCUT2D eigenvalue weighted by Crippen LogP contribution is -2.40. The first-order valence-electron chi connectivity index (χ1n) is 14.4. The van der Waals surface area contributed by atoms with E-state index in [1.54, 1.807) is 0 Å². The largest absolute Gasteiger partial charge is 0.372 e. The highest BCUT2D eigenvalue weighted by atomic mass is 16.2. The maximum absolute atomic E-state index is 13.3. The molecule has 40 heavy (non-hydrogen) atoms. The monoisotopic (exact) mass is 530 g/mol. The summed E-state index contributed by atoms with van der Waals surface area (Å²) in [5, 5.41) is 3.05. The second-order valence-corrected chi connectivity index (χ2v) is 10.8. The summed E-state index contributed by atoms with van der Waals surface area (Å²) in [6.45, 7) is 6.52. The smallest absolute Gasteiger partial charge is 0.227 e. The lowest BCUT2D eigenvalue weighted by Gasteiger charge is -2.37. The Bertz CT molecular complexity index is 1420. The van der Waals surface area contributed by atoms with Gasteiger partial charge in [-0.25, -0.2) is 0 Å². The SMILES string of the molecule is CCNC(=O)C(c1ccccc1)C1CCN(c2ccc(CC(=O)c3ccccc3-c3ccc(C)cc3)cc2)CC1. The van der Waals surface area contributed by atoms with E-state index in [9.17, 15) is 9.59 Å². The van der Waals surface area contributed by atoms with Crippen LogP contribution in [-0.2, 0) is 11.2 Å². The van der Waals surface area contributed by atoms with Crippen molar-refractivity contribution in [1.82, 2.24) is 5.32 Å². The maximum Gasteiger partial charge on any atom is 0.227 e. The zero-order valence-corrected chi connectivity index (χ0v) is 23.5. The van der Waals surface area contributed by atoms with Gasteiger partial charge in [0.05, 0.1) is 5.92 Å². The quantitative estimate of drug-likeness (QED) is 0.232. The minimum Gasteiger partial charge on any atom is -0.372 e. The van der Waals surface area contributed by atoms with E-state index in [4.69, 9.17) is 0 Å². The molecule has 4 aromatic carbocycles. The average Bonchev–Trinajstić information content (AvgIpc) is 2.99. The van der Waals surface area contributed by atoms with Crippen LogP contribution in [0, 0.1) is 12.8 Å². The van der Waals surface area contributed by atoms with Crippen LogP contribution < -0.4 is 10.2 Å². The Balaban J connectivity index is 1.23. The molecule has 1 fully saturated rings. The number of rotatable bonds is 9. The number of hydrogen-bond donors (Lipinski definition) is 1. The molecule has 0 bridgehead atoms. The van der Waals surface area contributed by atoms with E-state index in [0.29, 0.717) is 18.9 Å². The van der Waals surface area contributed by atoms with Crippen LogP contribution in [0.4, 0.5) is 5.69 Å². The molecule has 0 aliphatic carbocycles. The van der Waals surface area contributed by atoms with Crippen molar-refractivity contribution in [3.05, 3.63) is 125 Å². The Morgan fingerprint density at radius 1 is 0.825 bits per heavy atom. The Kier molecular flexibility index (Phi) is 8.75. The third-order valence-electron chi connectivity index (χ3n) is 8.06. The number of piperidine rings is 1. The van der Waals surface area contributed by atoms with Crippen molar-refractivity contribution < 1.29 is 9.59 Å². The normalized spacial score (nSPS) is 14.5. The standard InChI is InChI=1S/C36H38N2O2/c1-3-37-36(40)35(29-9-5-4-6-10-29)30-21-23-38(24-22-30)31-19-15-27(16-20-31)25-34(39)33-12-8-7-11-32(33)28-17-13-26(2)14-18-28/h4-20,30,35H,3,21-25H2,1-2H3,(H,37,40). The number of amides is 1. The van der Waals surface area contributed by atoms with Gasteiger partial charge < -0.3 is 10.2 Å². The van der Waals surface area contributed by atoms with Crippen molar-refractivity contribution in [2.45, 2.75) is 39.0 Å². The first kappa shape index (κ1) is 27.4. The lowest BCUT2D eigenvalue weighted by atomic mass is 9.79. The first-order valence-corrected chi connectivity index (χ1v) is 14.4. The molecule has 0 spiro atoms. The molecule has 204 valence electrons. The topological polar surface area (TPSA) is 49.4 Å². The molecule has 4 heteroatoms. The number of carbonyl (C=O) groups excluding carboxylic acids is 2. The number of aryl methyl sites for hydroxylation is 1. The highest BCUT2D eigenvalue weighted by Crippen LogP contribution is 2.35. The van der Waals surface area contributed by atoms with Crippen LogP contribution in [0.1, 0.15) is 52.7 Å². The van der Waals surface area contributed by atoms with E-state index in [1.807, 2.05) is 49.4 Å². The zero-order chi connectivity index (χ0) is 27.9. The molecular formula is C36H38N2O2. The molecule has 0 saturated carbocycles. The molecule has 1 unspecified atom stereocenters. The van der Waals surface area contributed by atoms with Gasteiger partial charge in [-0.15, -0.1) is 0 Å². The third-order valence-corrected chi connectivity index (χ3v) is 8.06. The molecule has 1 aliphatic heterocycles. The molecule has 5 rings (SSSR count). The van der Waals surface area contributed by atoms with Gasteiger partial charge in [0.1, 0.15) is 0 Å². The van der Waals surface area contributed by atoms with Gasteiger partial charge in [0, 0.05) is 37.3 Å². The van der Waals surface area contributed by atoms with Gasteiger partial charge in [-0.3, -0.25) is 9.59 Å². The highest BCUT2D eigenvalue weighted by Gasteiger charge is 2.32. The summed E-state index contributed by atoms with van der Waals surface area (Å²) >= 11 is 0. The van der Waals surface area contributed by atoms with Crippen LogP contribution in [0.2, 0.25) is 0 Å². The fourth-order valence-electron chi connectivity index (χ4n) is 5.89. The third kappa shape index (κ3) is 6.34. The molecule has 4 aromatic rings. The fourth-order valence-corrected chi connectivity index (χ4v) is 5.89. The van der Waals surface area contributed by atoms with Crippen LogP contribution in [0.15, 0.2) is 103 Å². The van der Waals surface area contributed by atoms with Crippen LogP contribution in [0.5, 0.6) is 0 Å². The highest BCUT2D eigenvalue weighted by molar-refractivity contribution is 6.03. The fraction of sp³-hybridized carbons (Fsp3) is 0.278. The molecular weight excluding hydrogens is 492 g/mol. The van der Waals surface area contributed by atoms with Gasteiger partial charge in [-0.05, 0) is 67.0 Å². The minimum absolute atomic E-state index is 0.112. The van der Waals surface area contributed by atoms with Crippen LogP contribution in [0.3, 0.4) is 0 Å². The van der Waals surface area contributed by atoms with E-state index < -0.39 is 0 Å². The van der Waals surface area contributed by atoms with Gasteiger partial charge in [0.2, 0.25) is 5.91 Å². The summed E-state index contributed by atoms with van der Waals surface area (Å²) < 4.78 is 0. The maximum atomic E-state index is 13.3. The van der Waals surface area contributed by atoms with Crippen LogP contribution in [-0.4, -0.2) is 31.3 Å². The first-order chi connectivity index (χ1) is 19.5. The van der Waals surface area contributed by atoms with Gasteiger partial charge in [0.25, 0.3) is 0 Å². The predicted octanol–water partition coefficient (Wildman–Crippen LogP) is 7.22. The van der Waals surface area contributed by atoms with Crippen molar-refractivity contribution in [2.75, 3.05) is 24.5 Å². The van der Waals surface area contributed by atoms with Crippen molar-refractivity contribution in [3.8, 4) is 11.1 Å². The zero-order valence-electron chi connectivity index (χ0n) is 23.5. The van der Waals surface area contributed by atoms with E-state index >= 15 is 0 Å². The number of Topliss-reactive ketones (excluding diaryl/α,β-unsaturated/α-hetero) is 1. The number of nitrogens with zero attached hydrogens (tertiary/aromatic N) is 1. The summed E-state index contributed by atoms with van der Waals surface area (Å²) in [4.78, 5) is 28.7. The number of ketones is 1. The number of carbonyl (C=O) groups is 2. The minimum atomic E-state index is -0.112. The number of benzene rings is 4. The lowest BCUT2D eigenvalue weighted by molar-refractivity contribution is -0.123. The van der Waals surface area contributed by atoms with Crippen molar-refractivity contribution in [1.29, 1.82) is 0 Å². The molecule has 1 aliphatic rings. The van der Waals surface area contributed by atoms with Crippen molar-refractivity contribution >= 4 is 17.4 Å². The predicted molar refractivity (Wildman–Crippen MR) is 164 cm³/mol. The van der Waals surface area contributed by atoms with Gasteiger partial charge in [0.15, 0.2) is 5.78 Å². The average molecular weight is 531 g/mol. The summed E-state index contributed by atoms with van der Waals surface area (Å²) in [5.74, 6) is 0.460. The molecule has 1 atom stereocenters. The summed E-state index contributed by atoms with van der Waals surface area (Å²) in [6.07, 6.45) is 2.30. The van der Waals surface area contributed by atoms with Gasteiger partial charge in [-0.2, -0.15) is 0 Å². The number of hydrogen-bond acceptors (Lipinski definition) is 3. The number of likely N-dealkylation sites (N-methyl/N-ethyl adjacent to an activating group) is 1. The van der Waals surface area contributed by atoms with E-state index in [2.05, 4.69) is 77.8 Å². The van der Waals surface area contributed by atoms with E-state index in [0.717, 1.165) is 53.7 Å². The second-order valence-electron chi connectivity index (χ2n) is 10.8. The second kappa shape index (κ2) is 12.8. The molecule has 1 N–H and O–H groups in total. The molecule has 1 amide bonds. The van der Waals surface area contributed by atoms with Gasteiger partial charge >= 0.3 is 0 Å². The Hall–Kier alpha value is -4.18. The van der Waals surface area contributed by atoms with Crippen LogP contribution >= 0.6 is 0 Å². The van der Waals surface area contributed by atoms with E-state index in [-0.39, 0.29) is 17.6 Å². The van der Waals surface area contributed by atoms with Crippen LogP contribution in [0.25, 0.3) is 11.1 Å². The Morgan fingerprint density at radius 2 is 1.48 bits per heavy atom. The summed E-state index contributed by atoms with van der Waals surface area (Å²) in [5.41, 5.74) is 7.30. The molecule has 0 aromatic heterocycles. The molecule has 0 radical (unpaired) electrons. The van der Waals surface area contributed by atoms with Gasteiger partial charge in [-0.1, -0.05) is 96.6 Å².